The number of carbonyl (C=O) groups excluding carboxylic acids is 2. The molecule has 0 radical (unpaired) electrons. The number of rotatable bonds is 17. The topological polar surface area (TPSA) is 93.7 Å². The van der Waals surface area contributed by atoms with Gasteiger partial charge in [-0.25, -0.2) is 0 Å². The van der Waals surface area contributed by atoms with Crippen LogP contribution in [0, 0.1) is 21.7 Å². The Balaban J connectivity index is 4.65. The zero-order valence-electron chi connectivity index (χ0n) is 24.7. The molecular formula is C28H58N4O3. The lowest BCUT2D eigenvalue weighted by Gasteiger charge is -2.32. The Morgan fingerprint density at radius 2 is 1.06 bits per heavy atom. The summed E-state index contributed by atoms with van der Waals surface area (Å²) in [5.41, 5.74) is 0.519. The molecule has 0 aromatic heterocycles. The molecular weight excluding hydrogens is 440 g/mol. The fourth-order valence-electron chi connectivity index (χ4n) is 5.14. The maximum Gasteiger partial charge on any atom is 0.221 e. The molecule has 0 saturated carbocycles. The first-order chi connectivity index (χ1) is 15.8. The lowest BCUT2D eigenvalue weighted by atomic mass is 9.76. The van der Waals surface area contributed by atoms with Gasteiger partial charge in [-0.15, -0.1) is 0 Å². The van der Waals surface area contributed by atoms with Gasteiger partial charge >= 0.3 is 0 Å². The SMILES string of the molecule is CC(C)(C)CC(C)(C)CNC(=O)CCN(CCNCCO)CCC(=O)NCC(C)(C)CC(C)(C)C. The fourth-order valence-corrected chi connectivity index (χ4v) is 5.14. The highest BCUT2D eigenvalue weighted by Crippen LogP contribution is 2.33. The van der Waals surface area contributed by atoms with E-state index in [-0.39, 0.29) is 40.1 Å². The molecule has 7 heteroatoms. The minimum atomic E-state index is 0.0423. The average molecular weight is 499 g/mol. The summed E-state index contributed by atoms with van der Waals surface area (Å²) in [7, 11) is 0. The van der Waals surface area contributed by atoms with Crippen LogP contribution < -0.4 is 16.0 Å². The van der Waals surface area contributed by atoms with Crippen LogP contribution in [0.3, 0.4) is 0 Å². The van der Waals surface area contributed by atoms with Crippen molar-refractivity contribution in [1.29, 1.82) is 0 Å². The summed E-state index contributed by atoms with van der Waals surface area (Å²) in [5.74, 6) is 0.0994. The minimum Gasteiger partial charge on any atom is -0.395 e. The van der Waals surface area contributed by atoms with Crippen molar-refractivity contribution in [2.45, 2.75) is 94.9 Å². The average Bonchev–Trinajstić information content (AvgIpc) is 2.66. The molecule has 0 rings (SSSR count). The molecule has 0 aliphatic heterocycles. The number of hydrogen-bond acceptors (Lipinski definition) is 5. The number of aliphatic hydroxyl groups is 1. The normalized spacial score (nSPS) is 13.3. The number of nitrogens with zero attached hydrogens (tertiary/aromatic N) is 1. The predicted octanol–water partition coefficient (Wildman–Crippen LogP) is 3.81. The van der Waals surface area contributed by atoms with Crippen molar-refractivity contribution in [3.63, 3.8) is 0 Å². The van der Waals surface area contributed by atoms with Gasteiger partial charge in [0.05, 0.1) is 6.61 Å². The van der Waals surface area contributed by atoms with Crippen LogP contribution in [0.25, 0.3) is 0 Å². The Morgan fingerprint density at radius 3 is 1.40 bits per heavy atom. The summed E-state index contributed by atoms with van der Waals surface area (Å²) in [4.78, 5) is 27.2. The van der Waals surface area contributed by atoms with Crippen molar-refractivity contribution in [2.75, 3.05) is 52.4 Å². The van der Waals surface area contributed by atoms with Crippen LogP contribution >= 0.6 is 0 Å². The second-order valence-corrected chi connectivity index (χ2v) is 14.2. The molecule has 4 N–H and O–H groups in total. The number of amides is 2. The van der Waals surface area contributed by atoms with E-state index in [0.717, 1.165) is 19.4 Å². The third-order valence-corrected chi connectivity index (χ3v) is 5.75. The van der Waals surface area contributed by atoms with Gasteiger partial charge in [-0.3, -0.25) is 9.59 Å². The van der Waals surface area contributed by atoms with E-state index in [1.165, 1.54) is 0 Å². The Kier molecular flexibility index (Phi) is 14.6. The first-order valence-corrected chi connectivity index (χ1v) is 13.4. The highest BCUT2D eigenvalue weighted by Gasteiger charge is 2.27. The summed E-state index contributed by atoms with van der Waals surface area (Å²) in [6, 6.07) is 0. The van der Waals surface area contributed by atoms with Crippen LogP contribution in [0.2, 0.25) is 0 Å². The highest BCUT2D eigenvalue weighted by atomic mass is 16.3. The summed E-state index contributed by atoms with van der Waals surface area (Å²) in [6.45, 7) is 26.7. The van der Waals surface area contributed by atoms with Crippen LogP contribution in [0.15, 0.2) is 0 Å². The zero-order valence-corrected chi connectivity index (χ0v) is 24.7. The number of hydrogen-bond donors (Lipinski definition) is 4. The fraction of sp³-hybridized carbons (Fsp3) is 0.929. The maximum atomic E-state index is 12.5. The van der Waals surface area contributed by atoms with Crippen LogP contribution in [-0.2, 0) is 9.59 Å². The first kappa shape index (κ1) is 33.8. The molecule has 7 nitrogen and oxygen atoms in total. The van der Waals surface area contributed by atoms with Crippen LogP contribution in [-0.4, -0.2) is 74.2 Å². The van der Waals surface area contributed by atoms with Crippen molar-refractivity contribution in [2.24, 2.45) is 21.7 Å². The van der Waals surface area contributed by atoms with Crippen molar-refractivity contribution in [3.05, 3.63) is 0 Å². The largest absolute Gasteiger partial charge is 0.395 e. The van der Waals surface area contributed by atoms with Crippen LogP contribution in [0.4, 0.5) is 0 Å². The second kappa shape index (κ2) is 15.2. The van der Waals surface area contributed by atoms with Crippen molar-refractivity contribution in [1.82, 2.24) is 20.9 Å². The standard InChI is InChI=1S/C28H58N4O3/c1-25(2,3)19-27(7,8)21-30-23(34)11-15-32(17-13-29-14-18-33)16-12-24(35)31-22-28(9,10)20-26(4,5)6/h29,33H,11-22H2,1-10H3,(H,30,34)(H,31,35). The van der Waals surface area contributed by atoms with E-state index >= 15 is 0 Å². The molecule has 2 amide bonds. The maximum absolute atomic E-state index is 12.5. The van der Waals surface area contributed by atoms with E-state index in [1.807, 2.05) is 0 Å². The lowest BCUT2D eigenvalue weighted by Crippen LogP contribution is -2.41. The third kappa shape index (κ3) is 20.7. The molecule has 0 saturated heterocycles. The van der Waals surface area contributed by atoms with Gasteiger partial charge in [0.25, 0.3) is 0 Å². The van der Waals surface area contributed by atoms with Gasteiger partial charge in [0.2, 0.25) is 11.8 Å². The van der Waals surface area contributed by atoms with Crippen molar-refractivity contribution >= 4 is 11.8 Å². The molecule has 0 heterocycles. The summed E-state index contributed by atoms with van der Waals surface area (Å²) in [6.07, 6.45) is 2.88. The summed E-state index contributed by atoms with van der Waals surface area (Å²) >= 11 is 0. The van der Waals surface area contributed by atoms with Gasteiger partial charge in [0.1, 0.15) is 0 Å². The highest BCUT2D eigenvalue weighted by molar-refractivity contribution is 5.76. The molecule has 208 valence electrons. The third-order valence-electron chi connectivity index (χ3n) is 5.75. The van der Waals surface area contributed by atoms with Gasteiger partial charge in [0, 0.05) is 58.7 Å². The van der Waals surface area contributed by atoms with Crippen LogP contribution in [0.5, 0.6) is 0 Å². The Hall–Kier alpha value is -1.18. The van der Waals surface area contributed by atoms with E-state index in [0.29, 0.717) is 52.1 Å². The number of nitrogens with one attached hydrogen (secondary N) is 3. The molecule has 0 aliphatic carbocycles. The molecule has 35 heavy (non-hydrogen) atoms. The molecule has 0 unspecified atom stereocenters. The Labute approximate surface area is 216 Å². The van der Waals surface area contributed by atoms with E-state index < -0.39 is 0 Å². The Morgan fingerprint density at radius 1 is 0.657 bits per heavy atom. The van der Waals surface area contributed by atoms with Gasteiger partial charge in [-0.1, -0.05) is 69.2 Å². The number of aliphatic hydroxyl groups excluding tert-OH is 1. The molecule has 0 aromatic carbocycles. The lowest BCUT2D eigenvalue weighted by molar-refractivity contribution is -0.122. The van der Waals surface area contributed by atoms with Gasteiger partial charge < -0.3 is 26.0 Å². The smallest absolute Gasteiger partial charge is 0.221 e. The molecule has 0 atom stereocenters. The summed E-state index contributed by atoms with van der Waals surface area (Å²) < 4.78 is 0. The van der Waals surface area contributed by atoms with Gasteiger partial charge in [-0.05, 0) is 34.5 Å². The monoisotopic (exact) mass is 498 g/mol. The summed E-state index contributed by atoms with van der Waals surface area (Å²) in [5, 5.41) is 18.4. The molecule has 0 fully saturated rings. The number of carbonyl (C=O) groups is 2. The van der Waals surface area contributed by atoms with Crippen molar-refractivity contribution < 1.29 is 14.7 Å². The molecule has 0 aromatic rings. The predicted molar refractivity (Wildman–Crippen MR) is 147 cm³/mol. The van der Waals surface area contributed by atoms with Gasteiger partial charge in [0.15, 0.2) is 0 Å². The van der Waals surface area contributed by atoms with Crippen LogP contribution in [0.1, 0.15) is 94.9 Å². The Bertz CT molecular complexity index is 571. The zero-order chi connectivity index (χ0) is 27.3. The van der Waals surface area contributed by atoms with E-state index in [1.54, 1.807) is 0 Å². The van der Waals surface area contributed by atoms with Gasteiger partial charge in [-0.2, -0.15) is 0 Å². The molecule has 0 spiro atoms. The van der Waals surface area contributed by atoms with E-state index in [9.17, 15) is 9.59 Å². The first-order valence-electron chi connectivity index (χ1n) is 13.4. The molecule has 0 bridgehead atoms. The molecule has 0 aliphatic rings. The minimum absolute atomic E-state index is 0.0423. The van der Waals surface area contributed by atoms with E-state index in [2.05, 4.69) is 90.1 Å². The quantitative estimate of drug-likeness (QED) is 0.229. The second-order valence-electron chi connectivity index (χ2n) is 14.2. The van der Waals surface area contributed by atoms with Crippen molar-refractivity contribution in [3.8, 4) is 0 Å². The van der Waals surface area contributed by atoms with E-state index in [4.69, 9.17) is 5.11 Å².